The Morgan fingerprint density at radius 3 is 2.63 bits per heavy atom. The van der Waals surface area contributed by atoms with E-state index in [0.29, 0.717) is 23.7 Å². The Kier molecular flexibility index (Phi) is 8.10. The van der Waals surface area contributed by atoms with E-state index in [-0.39, 0.29) is 37.5 Å². The minimum absolute atomic E-state index is 0.0101. The number of anilines is 1. The van der Waals surface area contributed by atoms with E-state index < -0.39 is 0 Å². The first-order valence-electron chi connectivity index (χ1n) is 9.57. The predicted octanol–water partition coefficient (Wildman–Crippen LogP) is 3.29. The van der Waals surface area contributed by atoms with E-state index in [1.807, 2.05) is 6.92 Å². The number of amides is 3. The van der Waals surface area contributed by atoms with Crippen LogP contribution in [0.4, 0.5) is 5.69 Å². The van der Waals surface area contributed by atoms with Gasteiger partial charge < -0.3 is 9.80 Å². The Bertz CT molecular complexity index is 680. The van der Waals surface area contributed by atoms with E-state index in [1.165, 1.54) is 9.80 Å². The maximum Gasteiger partial charge on any atom is 0.248 e. The highest BCUT2D eigenvalue weighted by molar-refractivity contribution is 6.31. The summed E-state index contributed by atoms with van der Waals surface area (Å²) in [7, 11) is 0. The lowest BCUT2D eigenvalue weighted by atomic mass is 10.2. The van der Waals surface area contributed by atoms with Crippen molar-refractivity contribution in [2.75, 3.05) is 31.2 Å². The van der Waals surface area contributed by atoms with Gasteiger partial charge in [-0.05, 0) is 31.0 Å². The minimum atomic E-state index is -0.204. The molecule has 0 spiro atoms. The molecule has 1 aromatic rings. The fourth-order valence-corrected chi connectivity index (χ4v) is 3.28. The van der Waals surface area contributed by atoms with Gasteiger partial charge in [0.25, 0.3) is 0 Å². The molecule has 3 amide bonds. The molecule has 6 nitrogen and oxygen atoms in total. The van der Waals surface area contributed by atoms with Gasteiger partial charge in [-0.2, -0.15) is 0 Å². The number of unbranched alkanes of at least 4 members (excludes halogenated alkanes) is 2. The highest BCUT2D eigenvalue weighted by atomic mass is 35.5. The van der Waals surface area contributed by atoms with Gasteiger partial charge in [0.2, 0.25) is 17.7 Å². The van der Waals surface area contributed by atoms with Gasteiger partial charge in [-0.1, -0.05) is 44.4 Å². The van der Waals surface area contributed by atoms with Crippen LogP contribution in [0, 0.1) is 0 Å². The molecule has 0 unspecified atom stereocenters. The lowest BCUT2D eigenvalue weighted by Gasteiger charge is -2.25. The number of carbonyl (C=O) groups excluding carboxylic acids is 3. The molecule has 1 aliphatic heterocycles. The van der Waals surface area contributed by atoms with Crippen molar-refractivity contribution in [2.24, 2.45) is 0 Å². The molecule has 1 fully saturated rings. The van der Waals surface area contributed by atoms with E-state index >= 15 is 0 Å². The molecule has 1 aromatic carbocycles. The maximum atomic E-state index is 12.7. The third-order valence-corrected chi connectivity index (χ3v) is 4.81. The highest BCUT2D eigenvalue weighted by Crippen LogP contribution is 2.23. The Labute approximate surface area is 166 Å². The quantitative estimate of drug-likeness (QED) is 0.605. The zero-order valence-corrected chi connectivity index (χ0v) is 16.9. The van der Waals surface area contributed by atoms with Gasteiger partial charge in [0, 0.05) is 23.7 Å². The molecule has 0 aromatic heterocycles. The van der Waals surface area contributed by atoms with Crippen LogP contribution in [0.2, 0.25) is 5.02 Å². The number of halogens is 1. The van der Waals surface area contributed by atoms with Gasteiger partial charge in [0.1, 0.15) is 13.2 Å². The lowest BCUT2D eigenvalue weighted by Crippen LogP contribution is -2.43. The van der Waals surface area contributed by atoms with Crippen molar-refractivity contribution in [3.63, 3.8) is 0 Å². The van der Waals surface area contributed by atoms with E-state index in [4.69, 9.17) is 11.6 Å². The summed E-state index contributed by atoms with van der Waals surface area (Å²) in [6.07, 6.45) is 4.16. The molecular formula is C20H28ClN3O3. The zero-order valence-electron chi connectivity index (χ0n) is 16.1. The average Bonchev–Trinajstić information content (AvgIpc) is 3.03. The fourth-order valence-electron chi connectivity index (χ4n) is 3.09. The van der Waals surface area contributed by atoms with Gasteiger partial charge in [-0.25, -0.2) is 0 Å². The standard InChI is InChI=1S/C20H28ClN3O3/c1-3-5-6-10-18(25)22(11-4-2)13-19(26)23-14-20(27)24(15-23)17-9-7-8-16(21)12-17/h7-9,12H,3-6,10-11,13-15H2,1-2H3. The Morgan fingerprint density at radius 2 is 1.96 bits per heavy atom. The molecule has 0 saturated carbocycles. The van der Waals surface area contributed by atoms with Gasteiger partial charge in [-0.15, -0.1) is 0 Å². The number of carbonyl (C=O) groups is 3. The van der Waals surface area contributed by atoms with Gasteiger partial charge >= 0.3 is 0 Å². The fraction of sp³-hybridized carbons (Fsp3) is 0.550. The monoisotopic (exact) mass is 393 g/mol. The molecule has 0 aliphatic carbocycles. The second-order valence-electron chi connectivity index (χ2n) is 6.81. The third-order valence-electron chi connectivity index (χ3n) is 4.58. The van der Waals surface area contributed by atoms with Crippen LogP contribution in [0.15, 0.2) is 24.3 Å². The lowest BCUT2D eigenvalue weighted by molar-refractivity contribution is -0.140. The van der Waals surface area contributed by atoms with Crippen LogP contribution < -0.4 is 4.90 Å². The van der Waals surface area contributed by atoms with Crippen LogP contribution in [0.25, 0.3) is 0 Å². The summed E-state index contributed by atoms with van der Waals surface area (Å²) in [4.78, 5) is 42.1. The molecule has 1 aliphatic rings. The second kappa shape index (κ2) is 10.3. The van der Waals surface area contributed by atoms with Crippen LogP contribution in [0.5, 0.6) is 0 Å². The smallest absolute Gasteiger partial charge is 0.248 e. The van der Waals surface area contributed by atoms with Gasteiger partial charge in [0.05, 0.1) is 6.54 Å². The number of benzene rings is 1. The van der Waals surface area contributed by atoms with Crippen LogP contribution in [-0.2, 0) is 14.4 Å². The summed E-state index contributed by atoms with van der Waals surface area (Å²) >= 11 is 6.00. The van der Waals surface area contributed by atoms with Crippen molar-refractivity contribution >= 4 is 35.0 Å². The van der Waals surface area contributed by atoms with Crippen LogP contribution >= 0.6 is 11.6 Å². The van der Waals surface area contributed by atoms with Crippen molar-refractivity contribution in [1.82, 2.24) is 9.80 Å². The van der Waals surface area contributed by atoms with Crippen molar-refractivity contribution in [2.45, 2.75) is 46.0 Å². The van der Waals surface area contributed by atoms with E-state index in [9.17, 15) is 14.4 Å². The molecule has 0 N–H and O–H groups in total. The van der Waals surface area contributed by atoms with Crippen LogP contribution in [-0.4, -0.2) is 53.8 Å². The molecule has 27 heavy (non-hydrogen) atoms. The minimum Gasteiger partial charge on any atom is -0.333 e. The normalized spacial score (nSPS) is 14.0. The first-order valence-corrected chi connectivity index (χ1v) is 9.95. The summed E-state index contributed by atoms with van der Waals surface area (Å²) in [6, 6.07) is 7.00. The number of nitrogens with zero attached hydrogens (tertiary/aromatic N) is 3. The zero-order chi connectivity index (χ0) is 19.8. The highest BCUT2D eigenvalue weighted by Gasteiger charge is 2.32. The number of hydrogen-bond donors (Lipinski definition) is 0. The Morgan fingerprint density at radius 1 is 1.19 bits per heavy atom. The maximum absolute atomic E-state index is 12.7. The van der Waals surface area contributed by atoms with Crippen molar-refractivity contribution in [3.8, 4) is 0 Å². The predicted molar refractivity (Wildman–Crippen MR) is 107 cm³/mol. The summed E-state index contributed by atoms with van der Waals surface area (Å²) in [5, 5.41) is 0.539. The Hall–Kier alpha value is -2.08. The summed E-state index contributed by atoms with van der Waals surface area (Å²) in [6.45, 7) is 4.86. The van der Waals surface area contributed by atoms with E-state index in [0.717, 1.165) is 25.7 Å². The van der Waals surface area contributed by atoms with Crippen LogP contribution in [0.3, 0.4) is 0 Å². The first kappa shape index (κ1) is 21.2. The van der Waals surface area contributed by atoms with Crippen molar-refractivity contribution < 1.29 is 14.4 Å². The summed E-state index contributed by atoms with van der Waals surface area (Å²) in [5.74, 6) is -0.344. The van der Waals surface area contributed by atoms with E-state index in [2.05, 4.69) is 6.92 Å². The molecule has 2 rings (SSSR count). The largest absolute Gasteiger partial charge is 0.333 e. The van der Waals surface area contributed by atoms with Gasteiger partial charge in [0.15, 0.2) is 0 Å². The Balaban J connectivity index is 1.97. The van der Waals surface area contributed by atoms with Crippen molar-refractivity contribution in [1.29, 1.82) is 0 Å². The first-order chi connectivity index (χ1) is 13.0. The second-order valence-corrected chi connectivity index (χ2v) is 7.24. The molecule has 1 heterocycles. The molecule has 0 atom stereocenters. The molecule has 7 heteroatoms. The SMILES string of the molecule is CCCCCC(=O)N(CCC)CC(=O)N1CC(=O)N(c2cccc(Cl)c2)C1. The van der Waals surface area contributed by atoms with Crippen molar-refractivity contribution in [3.05, 3.63) is 29.3 Å². The van der Waals surface area contributed by atoms with Gasteiger partial charge in [-0.3, -0.25) is 19.3 Å². The molecule has 148 valence electrons. The number of hydrogen-bond acceptors (Lipinski definition) is 3. The topological polar surface area (TPSA) is 60.9 Å². The molecule has 1 saturated heterocycles. The number of rotatable bonds is 9. The summed E-state index contributed by atoms with van der Waals surface area (Å²) in [5.41, 5.74) is 0.670. The molecule has 0 radical (unpaired) electrons. The molecule has 0 bridgehead atoms. The average molecular weight is 394 g/mol. The van der Waals surface area contributed by atoms with Crippen LogP contribution in [0.1, 0.15) is 46.0 Å². The van der Waals surface area contributed by atoms with E-state index in [1.54, 1.807) is 29.2 Å². The molecular weight excluding hydrogens is 366 g/mol. The third kappa shape index (κ3) is 5.96. The summed E-state index contributed by atoms with van der Waals surface area (Å²) < 4.78 is 0.